The van der Waals surface area contributed by atoms with E-state index in [1.165, 1.54) is 0 Å². The molecule has 27 heavy (non-hydrogen) atoms. The van der Waals surface area contributed by atoms with Crippen LogP contribution in [0.3, 0.4) is 0 Å². The third-order valence-electron chi connectivity index (χ3n) is 4.01. The minimum atomic E-state index is -0.0442. The number of aromatic nitrogens is 6. The first kappa shape index (κ1) is 16.8. The van der Waals surface area contributed by atoms with E-state index in [0.717, 1.165) is 16.8 Å². The van der Waals surface area contributed by atoms with Gasteiger partial charge in [0.1, 0.15) is 0 Å². The Balaban J connectivity index is 1.25. The van der Waals surface area contributed by atoms with Crippen molar-refractivity contribution in [2.45, 2.75) is 25.8 Å². The lowest BCUT2D eigenvalue weighted by atomic mass is 10.2. The average Bonchev–Trinajstić information content (AvgIpc) is 3.34. The van der Waals surface area contributed by atoms with Crippen molar-refractivity contribution in [2.24, 2.45) is 0 Å². The van der Waals surface area contributed by atoms with Gasteiger partial charge in [-0.15, -0.1) is 0 Å². The molecule has 0 fully saturated rings. The molecular weight excluding hydrogens is 346 g/mol. The van der Waals surface area contributed by atoms with Gasteiger partial charge in [0.2, 0.25) is 17.6 Å². The van der Waals surface area contributed by atoms with Crippen LogP contribution in [0, 0.1) is 0 Å². The summed E-state index contributed by atoms with van der Waals surface area (Å²) in [6, 6.07) is 5.49. The summed E-state index contributed by atoms with van der Waals surface area (Å²) >= 11 is 0. The molecule has 0 spiro atoms. The number of rotatable bonds is 7. The number of carbonyl (C=O) groups is 1. The molecule has 4 aromatic heterocycles. The van der Waals surface area contributed by atoms with Crippen molar-refractivity contribution in [3.05, 3.63) is 60.6 Å². The number of amides is 1. The van der Waals surface area contributed by atoms with E-state index in [1.54, 1.807) is 35.4 Å². The second-order valence-corrected chi connectivity index (χ2v) is 5.94. The summed E-state index contributed by atoms with van der Waals surface area (Å²) in [5.74, 6) is 0.967. The van der Waals surface area contributed by atoms with Crippen LogP contribution in [0.5, 0.6) is 0 Å². The molecule has 136 valence electrons. The summed E-state index contributed by atoms with van der Waals surface area (Å²) in [6.45, 7) is 0.394. The number of hydrogen-bond donors (Lipinski definition) is 1. The van der Waals surface area contributed by atoms with Gasteiger partial charge in [0.15, 0.2) is 5.65 Å². The molecule has 4 aromatic rings. The summed E-state index contributed by atoms with van der Waals surface area (Å²) in [5.41, 5.74) is 2.42. The summed E-state index contributed by atoms with van der Waals surface area (Å²) < 4.78 is 6.91. The van der Waals surface area contributed by atoms with Gasteiger partial charge in [0.05, 0.1) is 6.20 Å². The quantitative estimate of drug-likeness (QED) is 0.533. The van der Waals surface area contributed by atoms with E-state index in [2.05, 4.69) is 30.5 Å². The summed E-state index contributed by atoms with van der Waals surface area (Å²) in [7, 11) is 0. The zero-order valence-electron chi connectivity index (χ0n) is 14.4. The number of carbonyl (C=O) groups excluding carboxylic acids is 1. The molecule has 0 unspecified atom stereocenters. The van der Waals surface area contributed by atoms with Gasteiger partial charge in [0, 0.05) is 55.3 Å². The number of hydrogen-bond acceptors (Lipinski definition) is 7. The van der Waals surface area contributed by atoms with Crippen molar-refractivity contribution in [1.29, 1.82) is 0 Å². The average molecular weight is 363 g/mol. The Labute approximate surface area is 154 Å². The summed E-state index contributed by atoms with van der Waals surface area (Å²) in [5, 5.41) is 11.0. The molecule has 0 atom stereocenters. The first-order valence-corrected chi connectivity index (χ1v) is 8.56. The predicted octanol–water partition coefficient (Wildman–Crippen LogP) is 1.81. The van der Waals surface area contributed by atoms with Crippen molar-refractivity contribution in [2.75, 3.05) is 0 Å². The number of nitrogens with one attached hydrogen (secondary N) is 1. The smallest absolute Gasteiger partial charge is 0.226 e. The number of fused-ring (bicyclic) bond motifs is 1. The zero-order chi connectivity index (χ0) is 18.5. The molecule has 0 bridgehead atoms. The fraction of sp³-hybridized carbons (Fsp3) is 0.222. The van der Waals surface area contributed by atoms with Crippen molar-refractivity contribution in [3.8, 4) is 11.4 Å². The Morgan fingerprint density at radius 3 is 3.07 bits per heavy atom. The van der Waals surface area contributed by atoms with Crippen LogP contribution in [-0.2, 0) is 17.8 Å². The van der Waals surface area contributed by atoms with Crippen LogP contribution in [0.1, 0.15) is 24.3 Å². The molecule has 0 saturated carbocycles. The Morgan fingerprint density at radius 2 is 2.19 bits per heavy atom. The van der Waals surface area contributed by atoms with E-state index in [4.69, 9.17) is 4.52 Å². The van der Waals surface area contributed by atoms with Gasteiger partial charge in [-0.2, -0.15) is 10.1 Å². The van der Waals surface area contributed by atoms with Gasteiger partial charge < -0.3 is 9.84 Å². The van der Waals surface area contributed by atoms with Gasteiger partial charge in [0.25, 0.3) is 0 Å². The highest BCUT2D eigenvalue weighted by Crippen LogP contribution is 2.14. The first-order valence-electron chi connectivity index (χ1n) is 8.56. The van der Waals surface area contributed by atoms with Crippen LogP contribution in [-0.4, -0.2) is 35.6 Å². The van der Waals surface area contributed by atoms with Crippen LogP contribution in [0.25, 0.3) is 17.0 Å². The van der Waals surface area contributed by atoms with E-state index in [9.17, 15) is 4.79 Å². The van der Waals surface area contributed by atoms with Gasteiger partial charge in [-0.25, -0.2) is 9.50 Å². The van der Waals surface area contributed by atoms with Crippen LogP contribution in [0.15, 0.2) is 53.7 Å². The van der Waals surface area contributed by atoms with Crippen molar-refractivity contribution in [1.82, 2.24) is 35.0 Å². The molecule has 1 amide bonds. The third kappa shape index (κ3) is 3.97. The van der Waals surface area contributed by atoms with Crippen molar-refractivity contribution >= 4 is 11.6 Å². The fourth-order valence-electron chi connectivity index (χ4n) is 2.65. The molecule has 4 rings (SSSR count). The molecule has 9 heteroatoms. The van der Waals surface area contributed by atoms with Gasteiger partial charge in [-0.1, -0.05) is 5.16 Å². The topological polar surface area (TPSA) is 111 Å². The maximum absolute atomic E-state index is 12.1. The highest BCUT2D eigenvalue weighted by molar-refractivity contribution is 5.76. The van der Waals surface area contributed by atoms with E-state index >= 15 is 0 Å². The Kier molecular flexibility index (Phi) is 4.82. The SMILES string of the molecule is O=C(CCCc1nc(-c2cccnc2)no1)NCc1cnn2cccnc12. The molecule has 0 aliphatic carbocycles. The van der Waals surface area contributed by atoms with Crippen molar-refractivity contribution in [3.63, 3.8) is 0 Å². The molecule has 9 nitrogen and oxygen atoms in total. The van der Waals surface area contributed by atoms with E-state index in [0.29, 0.717) is 37.5 Å². The minimum absolute atomic E-state index is 0.0442. The molecule has 0 aromatic carbocycles. The lowest BCUT2D eigenvalue weighted by Gasteiger charge is -2.03. The van der Waals surface area contributed by atoms with Crippen LogP contribution in [0.4, 0.5) is 0 Å². The molecular formula is C18H17N7O2. The van der Waals surface area contributed by atoms with E-state index in [1.807, 2.05) is 18.3 Å². The van der Waals surface area contributed by atoms with Crippen LogP contribution >= 0.6 is 0 Å². The van der Waals surface area contributed by atoms with Crippen LogP contribution < -0.4 is 5.32 Å². The molecule has 0 saturated heterocycles. The minimum Gasteiger partial charge on any atom is -0.352 e. The fourth-order valence-corrected chi connectivity index (χ4v) is 2.65. The Bertz CT molecular complexity index is 1040. The summed E-state index contributed by atoms with van der Waals surface area (Å²) in [4.78, 5) is 24.7. The normalized spacial score (nSPS) is 11.0. The second kappa shape index (κ2) is 7.73. The maximum Gasteiger partial charge on any atom is 0.226 e. The molecule has 1 N–H and O–H groups in total. The van der Waals surface area contributed by atoms with Gasteiger partial charge in [-0.3, -0.25) is 9.78 Å². The van der Waals surface area contributed by atoms with E-state index < -0.39 is 0 Å². The predicted molar refractivity (Wildman–Crippen MR) is 95.3 cm³/mol. The first-order chi connectivity index (χ1) is 13.3. The lowest BCUT2D eigenvalue weighted by molar-refractivity contribution is -0.121. The lowest BCUT2D eigenvalue weighted by Crippen LogP contribution is -2.22. The van der Waals surface area contributed by atoms with Crippen molar-refractivity contribution < 1.29 is 9.32 Å². The standard InChI is InChI=1S/C18H17N7O2/c26-15(21-11-14-12-22-25-9-3-8-20-18(14)25)5-1-6-16-23-17(24-27-16)13-4-2-7-19-10-13/h2-4,7-10,12H,1,5-6,11H2,(H,21,26). The zero-order valence-corrected chi connectivity index (χ0v) is 14.4. The second-order valence-electron chi connectivity index (χ2n) is 5.94. The molecule has 0 radical (unpaired) electrons. The molecule has 0 aliphatic heterocycles. The Morgan fingerprint density at radius 1 is 1.22 bits per heavy atom. The van der Waals surface area contributed by atoms with Crippen LogP contribution in [0.2, 0.25) is 0 Å². The maximum atomic E-state index is 12.1. The largest absolute Gasteiger partial charge is 0.352 e. The number of aryl methyl sites for hydroxylation is 1. The number of pyridine rings is 1. The van der Waals surface area contributed by atoms with E-state index in [-0.39, 0.29) is 5.91 Å². The molecule has 4 heterocycles. The summed E-state index contributed by atoms with van der Waals surface area (Å²) in [6.07, 6.45) is 10.1. The van der Waals surface area contributed by atoms with Gasteiger partial charge in [-0.05, 0) is 24.6 Å². The Hall–Kier alpha value is -3.62. The van der Waals surface area contributed by atoms with Gasteiger partial charge >= 0.3 is 0 Å². The monoisotopic (exact) mass is 363 g/mol. The third-order valence-corrected chi connectivity index (χ3v) is 4.01. The molecule has 0 aliphatic rings. The number of nitrogens with zero attached hydrogens (tertiary/aromatic N) is 6. The highest BCUT2D eigenvalue weighted by Gasteiger charge is 2.10. The highest BCUT2D eigenvalue weighted by atomic mass is 16.5.